The Hall–Kier alpha value is -3.15. The first-order valence-electron chi connectivity index (χ1n) is 6.90. The van der Waals surface area contributed by atoms with Gasteiger partial charge < -0.3 is 9.84 Å². The molecule has 0 heterocycles. The number of nitrogens with one attached hydrogen (secondary N) is 1. The molecule has 118 valence electrons. The van der Waals surface area contributed by atoms with Crippen LogP contribution in [-0.2, 0) is 4.79 Å². The van der Waals surface area contributed by atoms with Gasteiger partial charge in [-0.25, -0.2) is 10.2 Å². The zero-order valence-electron chi connectivity index (χ0n) is 12.5. The maximum atomic E-state index is 11.6. The van der Waals surface area contributed by atoms with Crippen molar-refractivity contribution < 1.29 is 19.4 Å². The molecule has 0 unspecified atom stereocenters. The standard InChI is InChI=1S/C17H16N2O4/c1-12-5-4-7-14(9-12)23-11-16(20)19-18-10-13-6-2-3-8-15(13)17(21)22/h2-10H,11H2,1H3,(H,19,20)(H,21,22)/b18-10+. The molecule has 0 aliphatic rings. The lowest BCUT2D eigenvalue weighted by Gasteiger charge is -2.05. The number of carboxylic acid groups (broad SMARTS) is 1. The molecule has 23 heavy (non-hydrogen) atoms. The molecule has 2 rings (SSSR count). The fourth-order valence-electron chi connectivity index (χ4n) is 1.86. The van der Waals surface area contributed by atoms with Crippen LogP contribution in [0.5, 0.6) is 5.75 Å². The van der Waals surface area contributed by atoms with Crippen molar-refractivity contribution in [3.8, 4) is 5.75 Å². The van der Waals surface area contributed by atoms with Gasteiger partial charge in [0.2, 0.25) is 0 Å². The molecular weight excluding hydrogens is 296 g/mol. The monoisotopic (exact) mass is 312 g/mol. The number of hydrogen-bond acceptors (Lipinski definition) is 4. The fraction of sp³-hybridized carbons (Fsp3) is 0.118. The van der Waals surface area contributed by atoms with Crippen LogP contribution in [0.4, 0.5) is 0 Å². The summed E-state index contributed by atoms with van der Waals surface area (Å²) in [7, 11) is 0. The van der Waals surface area contributed by atoms with E-state index in [-0.39, 0.29) is 12.2 Å². The van der Waals surface area contributed by atoms with E-state index < -0.39 is 11.9 Å². The third-order valence-electron chi connectivity index (χ3n) is 2.94. The molecule has 2 aromatic rings. The first kappa shape index (κ1) is 16.2. The molecule has 0 atom stereocenters. The van der Waals surface area contributed by atoms with Gasteiger partial charge in [-0.15, -0.1) is 0 Å². The van der Waals surface area contributed by atoms with E-state index in [9.17, 15) is 9.59 Å². The molecular formula is C17H16N2O4. The molecule has 0 aromatic heterocycles. The van der Waals surface area contributed by atoms with E-state index >= 15 is 0 Å². The van der Waals surface area contributed by atoms with Gasteiger partial charge in [0.1, 0.15) is 5.75 Å². The number of hydrazone groups is 1. The number of amides is 1. The van der Waals surface area contributed by atoms with Gasteiger partial charge in [0.05, 0.1) is 11.8 Å². The Morgan fingerprint density at radius 1 is 1.22 bits per heavy atom. The van der Waals surface area contributed by atoms with Gasteiger partial charge >= 0.3 is 5.97 Å². The minimum Gasteiger partial charge on any atom is -0.484 e. The number of hydrogen-bond donors (Lipinski definition) is 2. The molecule has 1 amide bonds. The zero-order valence-corrected chi connectivity index (χ0v) is 12.5. The highest BCUT2D eigenvalue weighted by molar-refractivity contribution is 5.98. The molecule has 0 fully saturated rings. The predicted octanol–water partition coefficient (Wildman–Crippen LogP) is 2.22. The van der Waals surface area contributed by atoms with Crippen LogP contribution < -0.4 is 10.2 Å². The minimum atomic E-state index is -1.05. The van der Waals surface area contributed by atoms with Crippen LogP contribution in [-0.4, -0.2) is 29.8 Å². The van der Waals surface area contributed by atoms with E-state index in [1.807, 2.05) is 25.1 Å². The molecule has 6 heteroatoms. The van der Waals surface area contributed by atoms with Crippen molar-refractivity contribution in [2.75, 3.05) is 6.61 Å². The van der Waals surface area contributed by atoms with Gasteiger partial charge in [0.25, 0.3) is 5.91 Å². The summed E-state index contributed by atoms with van der Waals surface area (Å²) in [4.78, 5) is 22.7. The number of carbonyl (C=O) groups is 2. The number of carbonyl (C=O) groups excluding carboxylic acids is 1. The van der Waals surface area contributed by atoms with Crippen LogP contribution >= 0.6 is 0 Å². The second-order valence-corrected chi connectivity index (χ2v) is 4.79. The number of carboxylic acids is 1. The molecule has 2 aromatic carbocycles. The topological polar surface area (TPSA) is 88.0 Å². The van der Waals surface area contributed by atoms with Crippen LogP contribution in [0.15, 0.2) is 53.6 Å². The Labute approximate surface area is 133 Å². The molecule has 0 aliphatic carbocycles. The number of nitrogens with zero attached hydrogens (tertiary/aromatic N) is 1. The molecule has 6 nitrogen and oxygen atoms in total. The third-order valence-corrected chi connectivity index (χ3v) is 2.94. The Kier molecular flexibility index (Phi) is 5.46. The van der Waals surface area contributed by atoms with E-state index in [1.54, 1.807) is 24.3 Å². The Balaban J connectivity index is 1.88. The van der Waals surface area contributed by atoms with Crippen LogP contribution in [0.2, 0.25) is 0 Å². The summed E-state index contributed by atoms with van der Waals surface area (Å²) in [6, 6.07) is 13.7. The zero-order chi connectivity index (χ0) is 16.7. The molecule has 2 N–H and O–H groups in total. The van der Waals surface area contributed by atoms with Gasteiger partial charge in [-0.2, -0.15) is 5.10 Å². The largest absolute Gasteiger partial charge is 0.484 e. The summed E-state index contributed by atoms with van der Waals surface area (Å²) in [6.07, 6.45) is 1.29. The summed E-state index contributed by atoms with van der Waals surface area (Å²) < 4.78 is 5.33. The molecule has 0 saturated heterocycles. The predicted molar refractivity (Wildman–Crippen MR) is 85.8 cm³/mol. The van der Waals surface area contributed by atoms with Crippen molar-refractivity contribution in [2.45, 2.75) is 6.92 Å². The Morgan fingerprint density at radius 3 is 2.74 bits per heavy atom. The quantitative estimate of drug-likeness (QED) is 0.632. The van der Waals surface area contributed by atoms with Gasteiger partial charge in [-0.05, 0) is 30.7 Å². The van der Waals surface area contributed by atoms with Crippen LogP contribution in [0.25, 0.3) is 0 Å². The molecule has 0 aliphatic heterocycles. The average molecular weight is 312 g/mol. The van der Waals surface area contributed by atoms with Crippen LogP contribution in [0.1, 0.15) is 21.5 Å². The maximum absolute atomic E-state index is 11.6. The van der Waals surface area contributed by atoms with Crippen LogP contribution in [0, 0.1) is 6.92 Å². The van der Waals surface area contributed by atoms with Crippen molar-refractivity contribution in [1.82, 2.24) is 5.43 Å². The van der Waals surface area contributed by atoms with E-state index in [0.717, 1.165) is 5.56 Å². The number of aryl methyl sites for hydroxylation is 1. The van der Waals surface area contributed by atoms with Gasteiger partial charge in [0, 0.05) is 5.56 Å². The Morgan fingerprint density at radius 2 is 2.00 bits per heavy atom. The lowest BCUT2D eigenvalue weighted by atomic mass is 10.1. The van der Waals surface area contributed by atoms with Crippen LogP contribution in [0.3, 0.4) is 0 Å². The van der Waals surface area contributed by atoms with Crippen molar-refractivity contribution in [3.05, 3.63) is 65.2 Å². The lowest BCUT2D eigenvalue weighted by Crippen LogP contribution is -2.24. The number of aromatic carboxylic acids is 1. The summed E-state index contributed by atoms with van der Waals surface area (Å²) in [5, 5.41) is 12.8. The first-order chi connectivity index (χ1) is 11.1. The third kappa shape index (κ3) is 4.96. The van der Waals surface area contributed by atoms with E-state index in [1.165, 1.54) is 12.3 Å². The number of ether oxygens (including phenoxy) is 1. The SMILES string of the molecule is Cc1cccc(OCC(=O)N/N=C/c2ccccc2C(=O)O)c1. The van der Waals surface area contributed by atoms with Crippen molar-refractivity contribution in [3.63, 3.8) is 0 Å². The maximum Gasteiger partial charge on any atom is 0.336 e. The van der Waals surface area contributed by atoms with Crippen molar-refractivity contribution >= 4 is 18.1 Å². The summed E-state index contributed by atoms with van der Waals surface area (Å²) in [6.45, 7) is 1.75. The molecule has 0 saturated carbocycles. The minimum absolute atomic E-state index is 0.113. The molecule has 0 bridgehead atoms. The highest BCUT2D eigenvalue weighted by atomic mass is 16.5. The Bertz CT molecular complexity index is 741. The van der Waals surface area contributed by atoms with Gasteiger partial charge in [-0.3, -0.25) is 4.79 Å². The highest BCUT2D eigenvalue weighted by Gasteiger charge is 2.07. The molecule has 0 spiro atoms. The van der Waals surface area contributed by atoms with E-state index in [4.69, 9.17) is 9.84 Å². The fourth-order valence-corrected chi connectivity index (χ4v) is 1.86. The lowest BCUT2D eigenvalue weighted by molar-refractivity contribution is -0.123. The first-order valence-corrected chi connectivity index (χ1v) is 6.90. The summed E-state index contributed by atoms with van der Waals surface area (Å²) in [5.74, 6) is -0.892. The summed E-state index contributed by atoms with van der Waals surface area (Å²) in [5.41, 5.74) is 3.84. The van der Waals surface area contributed by atoms with Gasteiger partial charge in [-0.1, -0.05) is 30.3 Å². The summed E-state index contributed by atoms with van der Waals surface area (Å²) >= 11 is 0. The smallest absolute Gasteiger partial charge is 0.336 e. The van der Waals surface area contributed by atoms with Gasteiger partial charge in [0.15, 0.2) is 6.61 Å². The molecule has 0 radical (unpaired) electrons. The highest BCUT2D eigenvalue weighted by Crippen LogP contribution is 2.11. The number of rotatable bonds is 6. The second kappa shape index (κ2) is 7.74. The van der Waals surface area contributed by atoms with E-state index in [2.05, 4.69) is 10.5 Å². The van der Waals surface area contributed by atoms with Crippen molar-refractivity contribution in [2.24, 2.45) is 5.10 Å². The van der Waals surface area contributed by atoms with Crippen molar-refractivity contribution in [1.29, 1.82) is 0 Å². The normalized spacial score (nSPS) is 10.5. The number of benzene rings is 2. The average Bonchev–Trinajstić information content (AvgIpc) is 2.53. The second-order valence-electron chi connectivity index (χ2n) is 4.79. The van der Waals surface area contributed by atoms with E-state index in [0.29, 0.717) is 11.3 Å².